The van der Waals surface area contributed by atoms with Crippen LogP contribution in [0.2, 0.25) is 0 Å². The first-order valence-corrected chi connectivity index (χ1v) is 6.79. The first kappa shape index (κ1) is 12.2. The van der Waals surface area contributed by atoms with Gasteiger partial charge in [-0.1, -0.05) is 18.6 Å². The van der Waals surface area contributed by atoms with Gasteiger partial charge in [-0.3, -0.25) is 0 Å². The molecule has 2 aliphatic rings. The highest BCUT2D eigenvalue weighted by Crippen LogP contribution is 2.49. The second-order valence-corrected chi connectivity index (χ2v) is 6.65. The van der Waals surface area contributed by atoms with E-state index in [4.69, 9.17) is 4.74 Å². The van der Waals surface area contributed by atoms with Gasteiger partial charge in [-0.2, -0.15) is 0 Å². The Morgan fingerprint density at radius 1 is 1.31 bits per heavy atom. The van der Waals surface area contributed by atoms with Gasteiger partial charge in [0.25, 0.3) is 0 Å². The lowest BCUT2D eigenvalue weighted by atomic mass is 9.64. The van der Waals surface area contributed by atoms with Gasteiger partial charge in [-0.05, 0) is 59.3 Å². The molecule has 1 heteroatoms. The lowest BCUT2D eigenvalue weighted by molar-refractivity contribution is -0.118. The molecule has 0 unspecified atom stereocenters. The molecule has 16 heavy (non-hydrogen) atoms. The van der Waals surface area contributed by atoms with Gasteiger partial charge in [-0.15, -0.1) is 0 Å². The fourth-order valence-electron chi connectivity index (χ4n) is 3.31. The maximum absolute atomic E-state index is 6.31. The zero-order valence-electron chi connectivity index (χ0n) is 11.3. The Balaban J connectivity index is 2.18. The Hall–Kier alpha value is -0.300. The molecule has 0 radical (unpaired) electrons. The van der Waals surface area contributed by atoms with E-state index in [0.717, 1.165) is 0 Å². The quantitative estimate of drug-likeness (QED) is 0.595. The smallest absolute Gasteiger partial charge is 0.0672 e. The molecule has 0 amide bonds. The average Bonchev–Trinajstić information content (AvgIpc) is 2.17. The molecule has 0 bridgehead atoms. The Labute approximate surface area is 100 Å². The number of fused-ring (bicyclic) bond motifs is 1. The molecule has 1 nitrogen and oxygen atoms in total. The average molecular weight is 222 g/mol. The van der Waals surface area contributed by atoms with Crippen molar-refractivity contribution in [3.8, 4) is 0 Å². The maximum atomic E-state index is 6.31. The van der Waals surface area contributed by atoms with Gasteiger partial charge in [-0.25, -0.2) is 0 Å². The number of hydrogen-bond acceptors (Lipinski definition) is 1. The van der Waals surface area contributed by atoms with Crippen LogP contribution in [-0.4, -0.2) is 11.7 Å². The Morgan fingerprint density at radius 3 is 2.75 bits per heavy atom. The molecule has 2 atom stereocenters. The highest BCUT2D eigenvalue weighted by molar-refractivity contribution is 5.21. The van der Waals surface area contributed by atoms with Gasteiger partial charge in [0, 0.05) is 5.41 Å². The fourth-order valence-corrected chi connectivity index (χ4v) is 3.31. The van der Waals surface area contributed by atoms with E-state index in [2.05, 4.69) is 33.8 Å². The van der Waals surface area contributed by atoms with E-state index in [1.54, 1.807) is 5.57 Å². The van der Waals surface area contributed by atoms with Crippen LogP contribution in [0.15, 0.2) is 11.6 Å². The van der Waals surface area contributed by atoms with Crippen molar-refractivity contribution in [2.24, 2.45) is 5.41 Å². The Morgan fingerprint density at radius 2 is 2.06 bits per heavy atom. The van der Waals surface area contributed by atoms with E-state index in [-0.39, 0.29) is 5.60 Å². The Kier molecular flexibility index (Phi) is 3.18. The van der Waals surface area contributed by atoms with Crippen molar-refractivity contribution >= 4 is 0 Å². The molecule has 2 aliphatic carbocycles. The van der Waals surface area contributed by atoms with E-state index < -0.39 is 0 Å². The topological polar surface area (TPSA) is 9.23 Å². The molecular formula is C15H26O. The van der Waals surface area contributed by atoms with E-state index in [1.165, 1.54) is 38.5 Å². The van der Waals surface area contributed by atoms with Crippen LogP contribution in [0.4, 0.5) is 0 Å². The molecule has 0 aromatic rings. The zero-order valence-corrected chi connectivity index (χ0v) is 11.3. The summed E-state index contributed by atoms with van der Waals surface area (Å²) in [6.07, 6.45) is 10.7. The van der Waals surface area contributed by atoms with Crippen molar-refractivity contribution in [3.63, 3.8) is 0 Å². The first-order valence-electron chi connectivity index (χ1n) is 6.79. The van der Waals surface area contributed by atoms with E-state index >= 15 is 0 Å². The van der Waals surface area contributed by atoms with Crippen molar-refractivity contribution in [2.75, 3.05) is 0 Å². The number of rotatable bonds is 1. The van der Waals surface area contributed by atoms with Crippen molar-refractivity contribution in [1.82, 2.24) is 0 Å². The minimum Gasteiger partial charge on any atom is -0.372 e. The number of ether oxygens (including phenoxy) is 1. The van der Waals surface area contributed by atoms with Gasteiger partial charge < -0.3 is 4.74 Å². The predicted molar refractivity (Wildman–Crippen MR) is 68.5 cm³/mol. The highest BCUT2D eigenvalue weighted by atomic mass is 16.5. The maximum Gasteiger partial charge on any atom is 0.0672 e. The summed E-state index contributed by atoms with van der Waals surface area (Å²) in [5.74, 6) is 0. The number of hydrogen-bond donors (Lipinski definition) is 0. The molecule has 2 rings (SSSR count). The van der Waals surface area contributed by atoms with Crippen LogP contribution in [0, 0.1) is 5.41 Å². The van der Waals surface area contributed by atoms with Crippen molar-refractivity contribution in [1.29, 1.82) is 0 Å². The van der Waals surface area contributed by atoms with Crippen molar-refractivity contribution in [3.05, 3.63) is 11.6 Å². The molecule has 0 aliphatic heterocycles. The molecule has 0 N–H and O–H groups in total. The standard InChI is InChI=1S/C15H26O/c1-14(2,3)16-13-10-7-9-12-8-5-6-11-15(12,13)4/h8,13H,5-7,9-11H2,1-4H3/t13-,15-/m0/s1. The summed E-state index contributed by atoms with van der Waals surface area (Å²) < 4.78 is 6.31. The SMILES string of the molecule is CC(C)(C)O[C@H]1CCCC2=CCCC[C@@]21C. The fraction of sp³-hybridized carbons (Fsp3) is 0.867. The number of allylic oxidation sites excluding steroid dienone is 1. The van der Waals surface area contributed by atoms with E-state index in [9.17, 15) is 0 Å². The van der Waals surface area contributed by atoms with Crippen molar-refractivity contribution < 1.29 is 4.74 Å². The summed E-state index contributed by atoms with van der Waals surface area (Å²) in [5, 5.41) is 0. The van der Waals surface area contributed by atoms with Gasteiger partial charge in [0.15, 0.2) is 0 Å². The van der Waals surface area contributed by atoms with Crippen LogP contribution in [0.25, 0.3) is 0 Å². The predicted octanol–water partition coefficient (Wildman–Crippen LogP) is 4.47. The van der Waals surface area contributed by atoms with E-state index in [0.29, 0.717) is 11.5 Å². The summed E-state index contributed by atoms with van der Waals surface area (Å²) in [4.78, 5) is 0. The van der Waals surface area contributed by atoms with Gasteiger partial charge in [0.05, 0.1) is 11.7 Å². The summed E-state index contributed by atoms with van der Waals surface area (Å²) in [7, 11) is 0. The van der Waals surface area contributed by atoms with Crippen LogP contribution in [-0.2, 0) is 4.74 Å². The second-order valence-electron chi connectivity index (χ2n) is 6.65. The van der Waals surface area contributed by atoms with Gasteiger partial charge in [0.2, 0.25) is 0 Å². The van der Waals surface area contributed by atoms with Crippen LogP contribution in [0.5, 0.6) is 0 Å². The lowest BCUT2D eigenvalue weighted by Crippen LogP contribution is -2.44. The molecule has 0 aromatic heterocycles. The minimum absolute atomic E-state index is 0.00638. The monoisotopic (exact) mass is 222 g/mol. The largest absolute Gasteiger partial charge is 0.372 e. The molecule has 0 saturated heterocycles. The van der Waals surface area contributed by atoms with E-state index in [1.807, 2.05) is 0 Å². The normalized spacial score (nSPS) is 35.5. The molecule has 0 aromatic carbocycles. The molecule has 92 valence electrons. The van der Waals surface area contributed by atoms with Crippen LogP contribution < -0.4 is 0 Å². The first-order chi connectivity index (χ1) is 7.42. The second kappa shape index (κ2) is 4.18. The van der Waals surface area contributed by atoms with Crippen LogP contribution in [0.1, 0.15) is 66.2 Å². The van der Waals surface area contributed by atoms with Crippen LogP contribution in [0.3, 0.4) is 0 Å². The zero-order chi connectivity index (χ0) is 11.8. The van der Waals surface area contributed by atoms with Crippen LogP contribution >= 0.6 is 0 Å². The third-order valence-corrected chi connectivity index (χ3v) is 4.14. The summed E-state index contributed by atoms with van der Waals surface area (Å²) >= 11 is 0. The summed E-state index contributed by atoms with van der Waals surface area (Å²) in [5.41, 5.74) is 2.01. The summed E-state index contributed by atoms with van der Waals surface area (Å²) in [6, 6.07) is 0. The third kappa shape index (κ3) is 2.34. The molecule has 0 spiro atoms. The molecule has 1 fully saturated rings. The molecule has 0 heterocycles. The summed E-state index contributed by atoms with van der Waals surface area (Å²) in [6.45, 7) is 8.96. The van der Waals surface area contributed by atoms with Gasteiger partial charge >= 0.3 is 0 Å². The molecular weight excluding hydrogens is 196 g/mol. The van der Waals surface area contributed by atoms with Gasteiger partial charge in [0.1, 0.15) is 0 Å². The third-order valence-electron chi connectivity index (χ3n) is 4.14. The van der Waals surface area contributed by atoms with Crippen molar-refractivity contribution in [2.45, 2.75) is 77.9 Å². The Bertz CT molecular complexity index is 284. The molecule has 1 saturated carbocycles. The minimum atomic E-state index is -0.00638. The lowest BCUT2D eigenvalue weighted by Gasteiger charge is -2.47. The highest BCUT2D eigenvalue weighted by Gasteiger charge is 2.43.